The van der Waals surface area contributed by atoms with Crippen LogP contribution in [0, 0.1) is 0 Å². The molecule has 18 heavy (non-hydrogen) atoms. The summed E-state index contributed by atoms with van der Waals surface area (Å²) in [5.74, 6) is -0.933. The van der Waals surface area contributed by atoms with Crippen LogP contribution in [-0.4, -0.2) is 24.0 Å². The Balaban J connectivity index is 1.93. The van der Waals surface area contributed by atoms with Crippen molar-refractivity contribution in [3.63, 3.8) is 0 Å². The first-order valence-electron chi connectivity index (χ1n) is 5.34. The minimum Gasteiger partial charge on any atom is -0.469 e. The first kappa shape index (κ1) is 12.1. The SMILES string of the molecule is COC(=O)CC(=O)NCc1ccc2ncoc2c1. The second kappa shape index (κ2) is 5.31. The van der Waals surface area contributed by atoms with Gasteiger partial charge in [0.2, 0.25) is 5.91 Å². The largest absolute Gasteiger partial charge is 0.469 e. The van der Waals surface area contributed by atoms with E-state index in [2.05, 4.69) is 15.0 Å². The number of nitrogens with zero attached hydrogens (tertiary/aromatic N) is 1. The van der Waals surface area contributed by atoms with Gasteiger partial charge in [0.1, 0.15) is 11.9 Å². The van der Waals surface area contributed by atoms with Gasteiger partial charge in [-0.25, -0.2) is 4.98 Å². The standard InChI is InChI=1S/C12H12N2O4/c1-17-12(16)5-11(15)13-6-8-2-3-9-10(4-8)18-7-14-9/h2-4,7H,5-6H2,1H3,(H,13,15). The van der Waals surface area contributed by atoms with Crippen LogP contribution in [0.15, 0.2) is 29.0 Å². The maximum atomic E-state index is 11.4. The number of rotatable bonds is 4. The summed E-state index contributed by atoms with van der Waals surface area (Å²) in [6.07, 6.45) is 1.09. The van der Waals surface area contributed by atoms with Crippen molar-refractivity contribution >= 4 is 23.0 Å². The van der Waals surface area contributed by atoms with Crippen molar-refractivity contribution in [3.05, 3.63) is 30.2 Å². The normalized spacial score (nSPS) is 10.3. The molecule has 1 aromatic heterocycles. The number of esters is 1. The first-order valence-corrected chi connectivity index (χ1v) is 5.34. The number of oxazole rings is 1. The highest BCUT2D eigenvalue weighted by molar-refractivity contribution is 5.94. The lowest BCUT2D eigenvalue weighted by molar-refractivity contribution is -0.143. The summed E-state index contributed by atoms with van der Waals surface area (Å²) in [7, 11) is 1.24. The Hall–Kier alpha value is -2.37. The number of aromatic nitrogens is 1. The van der Waals surface area contributed by atoms with Gasteiger partial charge in [-0.1, -0.05) is 6.07 Å². The summed E-state index contributed by atoms with van der Waals surface area (Å²) in [5, 5.41) is 2.62. The molecule has 2 rings (SSSR count). The van der Waals surface area contributed by atoms with Crippen LogP contribution in [0.5, 0.6) is 0 Å². The fraction of sp³-hybridized carbons (Fsp3) is 0.250. The molecule has 0 aliphatic carbocycles. The molecule has 0 radical (unpaired) electrons. The van der Waals surface area contributed by atoms with Crippen LogP contribution in [0.2, 0.25) is 0 Å². The van der Waals surface area contributed by atoms with Gasteiger partial charge in [0, 0.05) is 6.54 Å². The molecule has 0 atom stereocenters. The Morgan fingerprint density at radius 1 is 1.44 bits per heavy atom. The van der Waals surface area contributed by atoms with Crippen molar-refractivity contribution in [1.82, 2.24) is 10.3 Å². The zero-order valence-corrected chi connectivity index (χ0v) is 9.80. The highest BCUT2D eigenvalue weighted by atomic mass is 16.5. The zero-order chi connectivity index (χ0) is 13.0. The average molecular weight is 248 g/mol. The van der Waals surface area contributed by atoms with E-state index in [-0.39, 0.29) is 12.3 Å². The Kier molecular flexibility index (Phi) is 3.57. The summed E-state index contributed by atoms with van der Waals surface area (Å²) < 4.78 is 9.55. The molecule has 0 aliphatic rings. The Morgan fingerprint density at radius 3 is 3.06 bits per heavy atom. The summed E-state index contributed by atoms with van der Waals surface area (Å²) >= 11 is 0. The number of hydrogen-bond acceptors (Lipinski definition) is 5. The maximum absolute atomic E-state index is 11.4. The van der Waals surface area contributed by atoms with Crippen molar-refractivity contribution < 1.29 is 18.7 Å². The maximum Gasteiger partial charge on any atom is 0.315 e. The predicted octanol–water partition coefficient (Wildman–Crippen LogP) is 1.01. The van der Waals surface area contributed by atoms with Crippen LogP contribution in [0.4, 0.5) is 0 Å². The van der Waals surface area contributed by atoms with Gasteiger partial charge in [0.25, 0.3) is 0 Å². The number of hydrogen-bond donors (Lipinski definition) is 1. The summed E-state index contributed by atoms with van der Waals surface area (Å²) in [4.78, 5) is 26.2. The highest BCUT2D eigenvalue weighted by Gasteiger charge is 2.09. The molecule has 6 heteroatoms. The number of carbonyl (C=O) groups excluding carboxylic acids is 2. The number of carbonyl (C=O) groups is 2. The third-order valence-corrected chi connectivity index (χ3v) is 2.42. The van der Waals surface area contributed by atoms with Crippen LogP contribution < -0.4 is 5.32 Å². The molecule has 1 heterocycles. The van der Waals surface area contributed by atoms with Gasteiger partial charge in [-0.05, 0) is 17.7 Å². The van der Waals surface area contributed by atoms with E-state index in [1.807, 2.05) is 6.07 Å². The summed E-state index contributed by atoms with van der Waals surface area (Å²) in [6.45, 7) is 0.326. The molecule has 0 unspecified atom stereocenters. The van der Waals surface area contributed by atoms with Crippen molar-refractivity contribution in [2.24, 2.45) is 0 Å². The molecular weight excluding hydrogens is 236 g/mol. The molecule has 0 fully saturated rings. The van der Waals surface area contributed by atoms with Gasteiger partial charge in [0.15, 0.2) is 12.0 Å². The molecule has 1 amide bonds. The number of nitrogens with one attached hydrogen (secondary N) is 1. The number of ether oxygens (including phenoxy) is 1. The summed E-state index contributed by atoms with van der Waals surface area (Å²) in [6, 6.07) is 5.44. The molecule has 1 N–H and O–H groups in total. The van der Waals surface area contributed by atoms with Crippen molar-refractivity contribution in [2.75, 3.05) is 7.11 Å². The van der Waals surface area contributed by atoms with E-state index in [0.717, 1.165) is 11.1 Å². The fourth-order valence-corrected chi connectivity index (χ4v) is 1.48. The predicted molar refractivity (Wildman–Crippen MR) is 62.5 cm³/mol. The highest BCUT2D eigenvalue weighted by Crippen LogP contribution is 2.13. The van der Waals surface area contributed by atoms with E-state index in [1.165, 1.54) is 13.5 Å². The van der Waals surface area contributed by atoms with Crippen LogP contribution in [-0.2, 0) is 20.9 Å². The van der Waals surface area contributed by atoms with Crippen molar-refractivity contribution in [1.29, 1.82) is 0 Å². The van der Waals surface area contributed by atoms with Crippen LogP contribution in [0.3, 0.4) is 0 Å². The van der Waals surface area contributed by atoms with Crippen LogP contribution >= 0.6 is 0 Å². The molecule has 0 aliphatic heterocycles. The van der Waals surface area contributed by atoms with Crippen LogP contribution in [0.1, 0.15) is 12.0 Å². The topological polar surface area (TPSA) is 81.4 Å². The zero-order valence-electron chi connectivity index (χ0n) is 9.80. The minimum atomic E-state index is -0.557. The van der Waals surface area contributed by atoms with Gasteiger partial charge < -0.3 is 14.5 Å². The third-order valence-electron chi connectivity index (χ3n) is 2.42. The van der Waals surface area contributed by atoms with E-state index in [1.54, 1.807) is 12.1 Å². The first-order chi connectivity index (χ1) is 8.69. The molecule has 0 saturated heterocycles. The monoisotopic (exact) mass is 248 g/mol. The number of fused-ring (bicyclic) bond motifs is 1. The molecule has 1 aromatic carbocycles. The van der Waals surface area contributed by atoms with E-state index in [0.29, 0.717) is 12.1 Å². The molecule has 2 aromatic rings. The number of amides is 1. The molecule has 6 nitrogen and oxygen atoms in total. The van der Waals surface area contributed by atoms with E-state index in [9.17, 15) is 9.59 Å². The van der Waals surface area contributed by atoms with Crippen molar-refractivity contribution in [2.45, 2.75) is 13.0 Å². The van der Waals surface area contributed by atoms with Crippen molar-refractivity contribution in [3.8, 4) is 0 Å². The molecule has 94 valence electrons. The number of methoxy groups -OCH3 is 1. The Morgan fingerprint density at radius 2 is 2.28 bits per heavy atom. The lowest BCUT2D eigenvalue weighted by Crippen LogP contribution is -2.25. The van der Waals surface area contributed by atoms with Gasteiger partial charge in [-0.15, -0.1) is 0 Å². The number of benzene rings is 1. The van der Waals surface area contributed by atoms with Gasteiger partial charge in [-0.2, -0.15) is 0 Å². The molecule has 0 bridgehead atoms. The summed E-state index contributed by atoms with van der Waals surface area (Å²) in [5.41, 5.74) is 2.30. The van der Waals surface area contributed by atoms with E-state index in [4.69, 9.17) is 4.42 Å². The second-order valence-corrected chi connectivity index (χ2v) is 3.68. The van der Waals surface area contributed by atoms with E-state index < -0.39 is 5.97 Å². The molecule has 0 saturated carbocycles. The van der Waals surface area contributed by atoms with Gasteiger partial charge in [-0.3, -0.25) is 9.59 Å². The minimum absolute atomic E-state index is 0.277. The Bertz CT molecular complexity index is 576. The van der Waals surface area contributed by atoms with Crippen LogP contribution in [0.25, 0.3) is 11.1 Å². The third kappa shape index (κ3) is 2.85. The van der Waals surface area contributed by atoms with Gasteiger partial charge >= 0.3 is 5.97 Å². The average Bonchev–Trinajstić information content (AvgIpc) is 2.83. The second-order valence-electron chi connectivity index (χ2n) is 3.68. The lowest BCUT2D eigenvalue weighted by Gasteiger charge is -2.04. The quantitative estimate of drug-likeness (QED) is 0.645. The Labute approximate surface area is 103 Å². The van der Waals surface area contributed by atoms with Gasteiger partial charge in [0.05, 0.1) is 7.11 Å². The molecule has 0 spiro atoms. The molecular formula is C12H12N2O4. The van der Waals surface area contributed by atoms with E-state index >= 15 is 0 Å². The smallest absolute Gasteiger partial charge is 0.315 e. The fourth-order valence-electron chi connectivity index (χ4n) is 1.48. The lowest BCUT2D eigenvalue weighted by atomic mass is 10.2.